The van der Waals surface area contributed by atoms with E-state index in [4.69, 9.17) is 10.8 Å². The zero-order valence-electron chi connectivity index (χ0n) is 10.3. The third-order valence-electron chi connectivity index (χ3n) is 3.09. The van der Waals surface area contributed by atoms with Crippen molar-refractivity contribution in [2.24, 2.45) is 12.8 Å². The molecular formula is C14H16N2O2. The second-order valence-corrected chi connectivity index (χ2v) is 4.36. The summed E-state index contributed by atoms with van der Waals surface area (Å²) >= 11 is 0. The first-order valence-electron chi connectivity index (χ1n) is 5.72. The highest BCUT2D eigenvalue weighted by Gasteiger charge is 2.16. The maximum absolute atomic E-state index is 10.8. The van der Waals surface area contributed by atoms with Crippen LogP contribution in [0.5, 0.6) is 0 Å². The molecule has 3 N–H and O–H groups in total. The van der Waals surface area contributed by atoms with E-state index < -0.39 is 12.0 Å². The van der Waals surface area contributed by atoms with Crippen molar-refractivity contribution in [2.45, 2.75) is 12.5 Å². The number of carbonyl (C=O) groups is 1. The topological polar surface area (TPSA) is 68.2 Å². The Morgan fingerprint density at radius 3 is 2.94 bits per heavy atom. The molecule has 0 saturated heterocycles. The molecule has 0 spiro atoms. The van der Waals surface area contributed by atoms with Gasteiger partial charge in [-0.2, -0.15) is 0 Å². The number of carboxylic acids is 1. The summed E-state index contributed by atoms with van der Waals surface area (Å²) < 4.78 is 1.98. The highest BCUT2D eigenvalue weighted by molar-refractivity contribution is 5.91. The number of benzene rings is 1. The van der Waals surface area contributed by atoms with Crippen molar-refractivity contribution in [3.63, 3.8) is 0 Å². The molecule has 0 aliphatic heterocycles. The molecule has 0 aliphatic carbocycles. The Hall–Kier alpha value is -2.07. The predicted octanol–water partition coefficient (Wildman–Crippen LogP) is 1.78. The Balaban J connectivity index is 2.54. The summed E-state index contributed by atoms with van der Waals surface area (Å²) in [5.41, 5.74) is 8.63. The predicted molar refractivity (Wildman–Crippen MR) is 72.3 cm³/mol. The first kappa shape index (κ1) is 12.4. The molecule has 1 aromatic carbocycles. The Morgan fingerprint density at radius 2 is 2.33 bits per heavy atom. The van der Waals surface area contributed by atoms with Crippen LogP contribution in [0.1, 0.15) is 11.1 Å². The number of para-hydroxylation sites is 1. The summed E-state index contributed by atoms with van der Waals surface area (Å²) in [6.45, 7) is 3.79. The molecular weight excluding hydrogens is 228 g/mol. The van der Waals surface area contributed by atoms with Crippen LogP contribution >= 0.6 is 0 Å². The van der Waals surface area contributed by atoms with E-state index in [0.717, 1.165) is 22.0 Å². The first-order chi connectivity index (χ1) is 8.54. The standard InChI is InChI=1S/C14H16N2O2/c1-3-9-5-4-6-11-10(7-12(15)14(17)18)8-16(2)13(9)11/h3-6,8,12H,1,7,15H2,2H3,(H,17,18). The van der Waals surface area contributed by atoms with E-state index in [2.05, 4.69) is 6.58 Å². The minimum absolute atomic E-state index is 0.327. The number of aryl methyl sites for hydroxylation is 1. The van der Waals surface area contributed by atoms with Gasteiger partial charge in [0.1, 0.15) is 6.04 Å². The lowest BCUT2D eigenvalue weighted by molar-refractivity contribution is -0.138. The molecule has 0 fully saturated rings. The SMILES string of the molecule is C=Cc1cccc2c(CC(N)C(=O)O)cn(C)c12. The molecule has 18 heavy (non-hydrogen) atoms. The number of hydrogen-bond acceptors (Lipinski definition) is 2. The maximum atomic E-state index is 10.8. The van der Waals surface area contributed by atoms with Crippen LogP contribution in [0.25, 0.3) is 17.0 Å². The Morgan fingerprint density at radius 1 is 1.61 bits per heavy atom. The monoisotopic (exact) mass is 244 g/mol. The van der Waals surface area contributed by atoms with Gasteiger partial charge in [0, 0.05) is 25.1 Å². The van der Waals surface area contributed by atoms with Crippen molar-refractivity contribution in [1.29, 1.82) is 0 Å². The van der Waals surface area contributed by atoms with E-state index in [9.17, 15) is 4.79 Å². The largest absolute Gasteiger partial charge is 0.480 e. The lowest BCUT2D eigenvalue weighted by atomic mass is 10.0. The van der Waals surface area contributed by atoms with E-state index in [0.29, 0.717) is 6.42 Å². The van der Waals surface area contributed by atoms with E-state index in [1.54, 1.807) is 6.08 Å². The first-order valence-corrected chi connectivity index (χ1v) is 5.72. The summed E-state index contributed by atoms with van der Waals surface area (Å²) in [5, 5.41) is 9.91. The Labute approximate surface area is 105 Å². The lowest BCUT2D eigenvalue weighted by Gasteiger charge is -2.05. The van der Waals surface area contributed by atoms with Crippen LogP contribution in [0.2, 0.25) is 0 Å². The highest BCUT2D eigenvalue weighted by atomic mass is 16.4. The van der Waals surface area contributed by atoms with Crippen LogP contribution in [0, 0.1) is 0 Å². The van der Waals surface area contributed by atoms with Crippen LogP contribution in [-0.4, -0.2) is 21.7 Å². The molecule has 0 bridgehead atoms. The molecule has 2 aromatic rings. The van der Waals surface area contributed by atoms with Gasteiger partial charge in [-0.05, 0) is 11.1 Å². The smallest absolute Gasteiger partial charge is 0.320 e. The van der Waals surface area contributed by atoms with Crippen molar-refractivity contribution in [2.75, 3.05) is 0 Å². The van der Waals surface area contributed by atoms with E-state index in [1.165, 1.54) is 0 Å². The number of carboxylic acid groups (broad SMARTS) is 1. The summed E-state index contributed by atoms with van der Waals surface area (Å²) in [4.78, 5) is 10.8. The molecule has 1 atom stereocenters. The van der Waals surface area contributed by atoms with Gasteiger partial charge in [-0.3, -0.25) is 4.79 Å². The van der Waals surface area contributed by atoms with Crippen LogP contribution in [0.3, 0.4) is 0 Å². The van der Waals surface area contributed by atoms with Gasteiger partial charge in [0.05, 0.1) is 5.52 Å². The van der Waals surface area contributed by atoms with Crippen LogP contribution in [-0.2, 0) is 18.3 Å². The zero-order chi connectivity index (χ0) is 13.3. The molecule has 4 nitrogen and oxygen atoms in total. The molecule has 1 heterocycles. The van der Waals surface area contributed by atoms with Crippen molar-refractivity contribution in [3.05, 3.63) is 42.1 Å². The fraction of sp³-hybridized carbons (Fsp3) is 0.214. The van der Waals surface area contributed by atoms with Gasteiger partial charge >= 0.3 is 5.97 Å². The Bertz CT molecular complexity index is 614. The van der Waals surface area contributed by atoms with E-state index in [-0.39, 0.29) is 0 Å². The normalized spacial score (nSPS) is 12.6. The third-order valence-corrected chi connectivity index (χ3v) is 3.09. The zero-order valence-corrected chi connectivity index (χ0v) is 10.3. The van der Waals surface area contributed by atoms with Crippen LogP contribution < -0.4 is 5.73 Å². The van der Waals surface area contributed by atoms with Crippen molar-refractivity contribution >= 4 is 22.9 Å². The van der Waals surface area contributed by atoms with Gasteiger partial charge in [-0.1, -0.05) is 30.9 Å². The number of aliphatic carboxylic acids is 1. The van der Waals surface area contributed by atoms with Gasteiger partial charge in [0.25, 0.3) is 0 Å². The number of hydrogen-bond donors (Lipinski definition) is 2. The average molecular weight is 244 g/mol. The third kappa shape index (κ3) is 2.02. The molecule has 0 aliphatic rings. The molecule has 0 amide bonds. The van der Waals surface area contributed by atoms with Gasteiger partial charge in [0.15, 0.2) is 0 Å². The molecule has 0 radical (unpaired) electrons. The van der Waals surface area contributed by atoms with Gasteiger partial charge in [0.2, 0.25) is 0 Å². The molecule has 0 saturated carbocycles. The van der Waals surface area contributed by atoms with Crippen LogP contribution in [0.4, 0.5) is 0 Å². The quantitative estimate of drug-likeness (QED) is 0.861. The van der Waals surface area contributed by atoms with E-state index >= 15 is 0 Å². The minimum Gasteiger partial charge on any atom is -0.480 e. The number of fused-ring (bicyclic) bond motifs is 1. The number of nitrogens with zero attached hydrogens (tertiary/aromatic N) is 1. The fourth-order valence-electron chi connectivity index (χ4n) is 2.23. The number of rotatable bonds is 4. The Kier molecular flexibility index (Phi) is 3.21. The van der Waals surface area contributed by atoms with Crippen LogP contribution in [0.15, 0.2) is 31.0 Å². The second kappa shape index (κ2) is 4.66. The van der Waals surface area contributed by atoms with Crippen molar-refractivity contribution in [1.82, 2.24) is 4.57 Å². The van der Waals surface area contributed by atoms with E-state index in [1.807, 2.05) is 36.0 Å². The molecule has 1 aromatic heterocycles. The summed E-state index contributed by atoms with van der Waals surface area (Å²) in [6.07, 6.45) is 4.05. The maximum Gasteiger partial charge on any atom is 0.320 e. The van der Waals surface area contributed by atoms with Crippen molar-refractivity contribution in [3.8, 4) is 0 Å². The number of aromatic nitrogens is 1. The van der Waals surface area contributed by atoms with Crippen molar-refractivity contribution < 1.29 is 9.90 Å². The second-order valence-electron chi connectivity index (χ2n) is 4.36. The highest BCUT2D eigenvalue weighted by Crippen LogP contribution is 2.25. The van der Waals surface area contributed by atoms with Gasteiger partial charge in [-0.15, -0.1) is 0 Å². The molecule has 4 heteroatoms. The van der Waals surface area contributed by atoms with Gasteiger partial charge in [-0.25, -0.2) is 0 Å². The summed E-state index contributed by atoms with van der Waals surface area (Å²) in [5.74, 6) is -0.980. The summed E-state index contributed by atoms with van der Waals surface area (Å²) in [7, 11) is 1.94. The summed E-state index contributed by atoms with van der Waals surface area (Å²) in [6, 6.07) is 5.03. The average Bonchev–Trinajstić information content (AvgIpc) is 2.66. The fourth-order valence-corrected chi connectivity index (χ4v) is 2.23. The molecule has 2 rings (SSSR count). The number of nitrogens with two attached hydrogens (primary N) is 1. The molecule has 1 unspecified atom stereocenters. The van der Waals surface area contributed by atoms with Gasteiger partial charge < -0.3 is 15.4 Å². The minimum atomic E-state index is -0.980. The molecule has 94 valence electrons. The lowest BCUT2D eigenvalue weighted by Crippen LogP contribution is -2.32.